The Labute approximate surface area is 115 Å². The SMILES string of the molecule is NCc1cc(F)cc(Oc2ccc3cccnc3c2)c1. The summed E-state index contributed by atoms with van der Waals surface area (Å²) < 4.78 is 19.1. The van der Waals surface area contributed by atoms with Crippen molar-refractivity contribution in [3.8, 4) is 11.5 Å². The van der Waals surface area contributed by atoms with Crippen LogP contribution >= 0.6 is 0 Å². The third-order valence-electron chi connectivity index (χ3n) is 2.98. The van der Waals surface area contributed by atoms with Gasteiger partial charge in [0.1, 0.15) is 17.3 Å². The molecule has 1 aromatic heterocycles. The minimum absolute atomic E-state index is 0.271. The molecule has 0 spiro atoms. The second kappa shape index (κ2) is 5.27. The molecule has 4 heteroatoms. The van der Waals surface area contributed by atoms with Crippen molar-refractivity contribution in [2.24, 2.45) is 5.73 Å². The van der Waals surface area contributed by atoms with Crippen LogP contribution < -0.4 is 10.5 Å². The molecular weight excluding hydrogens is 255 g/mol. The number of nitrogens with zero attached hydrogens (tertiary/aromatic N) is 1. The minimum atomic E-state index is -0.359. The summed E-state index contributed by atoms with van der Waals surface area (Å²) in [6, 6.07) is 13.9. The number of nitrogens with two attached hydrogens (primary N) is 1. The fourth-order valence-corrected chi connectivity index (χ4v) is 2.04. The quantitative estimate of drug-likeness (QED) is 0.789. The van der Waals surface area contributed by atoms with Crippen molar-refractivity contribution in [1.82, 2.24) is 4.98 Å². The van der Waals surface area contributed by atoms with Gasteiger partial charge in [0.2, 0.25) is 0 Å². The summed E-state index contributed by atoms with van der Waals surface area (Å²) in [5, 5.41) is 1.03. The molecule has 0 aliphatic carbocycles. The second-order valence-corrected chi connectivity index (χ2v) is 4.46. The van der Waals surface area contributed by atoms with Gasteiger partial charge in [-0.25, -0.2) is 4.39 Å². The summed E-state index contributed by atoms with van der Waals surface area (Å²) >= 11 is 0. The number of hydrogen-bond acceptors (Lipinski definition) is 3. The molecule has 20 heavy (non-hydrogen) atoms. The van der Waals surface area contributed by atoms with Crippen molar-refractivity contribution >= 4 is 10.9 Å². The number of fused-ring (bicyclic) bond motifs is 1. The lowest BCUT2D eigenvalue weighted by Gasteiger charge is -2.08. The molecule has 3 rings (SSSR count). The molecule has 2 N–H and O–H groups in total. The van der Waals surface area contributed by atoms with E-state index in [0.29, 0.717) is 17.1 Å². The number of rotatable bonds is 3. The van der Waals surface area contributed by atoms with Gasteiger partial charge in [0.25, 0.3) is 0 Å². The van der Waals surface area contributed by atoms with Gasteiger partial charge in [-0.05, 0) is 35.9 Å². The number of aromatic nitrogens is 1. The molecule has 0 saturated carbocycles. The van der Waals surface area contributed by atoms with Gasteiger partial charge in [0, 0.05) is 30.3 Å². The lowest BCUT2D eigenvalue weighted by Crippen LogP contribution is -1.97. The van der Waals surface area contributed by atoms with E-state index in [-0.39, 0.29) is 12.4 Å². The Hall–Kier alpha value is -2.46. The number of benzene rings is 2. The average molecular weight is 268 g/mol. The number of pyridine rings is 1. The van der Waals surface area contributed by atoms with Gasteiger partial charge in [-0.1, -0.05) is 6.07 Å². The van der Waals surface area contributed by atoms with Crippen molar-refractivity contribution in [1.29, 1.82) is 0 Å². The van der Waals surface area contributed by atoms with Crippen molar-refractivity contribution in [2.45, 2.75) is 6.54 Å². The van der Waals surface area contributed by atoms with E-state index < -0.39 is 0 Å². The van der Waals surface area contributed by atoms with E-state index in [1.807, 2.05) is 30.3 Å². The summed E-state index contributed by atoms with van der Waals surface area (Å²) in [5.74, 6) is 0.687. The van der Waals surface area contributed by atoms with Crippen LogP contribution in [0.25, 0.3) is 10.9 Å². The summed E-state index contributed by atoms with van der Waals surface area (Å²) in [4.78, 5) is 4.26. The fourth-order valence-electron chi connectivity index (χ4n) is 2.04. The Morgan fingerprint density at radius 1 is 1.05 bits per heavy atom. The summed E-state index contributed by atoms with van der Waals surface area (Å²) in [6.07, 6.45) is 1.72. The highest BCUT2D eigenvalue weighted by Gasteiger charge is 2.04. The molecule has 0 unspecified atom stereocenters. The van der Waals surface area contributed by atoms with Crippen LogP contribution in [0.5, 0.6) is 11.5 Å². The highest BCUT2D eigenvalue weighted by molar-refractivity contribution is 5.79. The van der Waals surface area contributed by atoms with Gasteiger partial charge < -0.3 is 10.5 Å². The van der Waals surface area contributed by atoms with Crippen LogP contribution in [0, 0.1) is 5.82 Å². The van der Waals surface area contributed by atoms with Crippen molar-refractivity contribution in [2.75, 3.05) is 0 Å². The molecule has 1 heterocycles. The van der Waals surface area contributed by atoms with Gasteiger partial charge in [-0.15, -0.1) is 0 Å². The lowest BCUT2D eigenvalue weighted by molar-refractivity contribution is 0.476. The predicted molar refractivity (Wildman–Crippen MR) is 76.1 cm³/mol. The van der Waals surface area contributed by atoms with Crippen molar-refractivity contribution in [3.05, 3.63) is 66.1 Å². The van der Waals surface area contributed by atoms with Gasteiger partial charge in [0.15, 0.2) is 0 Å². The van der Waals surface area contributed by atoms with Crippen LogP contribution in [-0.2, 0) is 6.54 Å². The van der Waals surface area contributed by atoms with Crippen molar-refractivity contribution < 1.29 is 9.13 Å². The molecule has 100 valence electrons. The van der Waals surface area contributed by atoms with Crippen LogP contribution in [0.3, 0.4) is 0 Å². The molecular formula is C16H13FN2O. The number of halogens is 1. The summed E-state index contributed by atoms with van der Waals surface area (Å²) in [5.41, 5.74) is 7.05. The van der Waals surface area contributed by atoms with E-state index in [0.717, 1.165) is 10.9 Å². The Balaban J connectivity index is 1.94. The molecule has 0 radical (unpaired) electrons. The van der Waals surface area contributed by atoms with E-state index in [1.165, 1.54) is 12.1 Å². The third kappa shape index (κ3) is 2.60. The molecule has 0 saturated heterocycles. The normalized spacial score (nSPS) is 10.7. The number of ether oxygens (including phenoxy) is 1. The highest BCUT2D eigenvalue weighted by Crippen LogP contribution is 2.26. The standard InChI is InChI=1S/C16H13FN2O/c17-13-6-11(10-18)7-15(8-13)20-14-4-3-12-2-1-5-19-16(12)9-14/h1-9H,10,18H2. The molecule has 3 nitrogen and oxygen atoms in total. The molecule has 0 aliphatic rings. The van der Waals surface area contributed by atoms with E-state index in [2.05, 4.69) is 4.98 Å². The van der Waals surface area contributed by atoms with E-state index in [4.69, 9.17) is 10.5 Å². The average Bonchev–Trinajstić information content (AvgIpc) is 2.46. The predicted octanol–water partition coefficient (Wildman–Crippen LogP) is 3.62. The zero-order chi connectivity index (χ0) is 13.9. The van der Waals surface area contributed by atoms with Gasteiger partial charge in [-0.2, -0.15) is 0 Å². The monoisotopic (exact) mass is 268 g/mol. The molecule has 0 atom stereocenters. The Bertz CT molecular complexity index is 758. The van der Waals surface area contributed by atoms with E-state index in [1.54, 1.807) is 12.3 Å². The van der Waals surface area contributed by atoms with Crippen LogP contribution in [0.2, 0.25) is 0 Å². The first-order chi connectivity index (χ1) is 9.74. The second-order valence-electron chi connectivity index (χ2n) is 4.46. The molecule has 0 bridgehead atoms. The summed E-state index contributed by atoms with van der Waals surface area (Å²) in [7, 11) is 0. The van der Waals surface area contributed by atoms with Crippen LogP contribution in [-0.4, -0.2) is 4.98 Å². The smallest absolute Gasteiger partial charge is 0.130 e. The summed E-state index contributed by atoms with van der Waals surface area (Å²) in [6.45, 7) is 0.271. The zero-order valence-electron chi connectivity index (χ0n) is 10.7. The van der Waals surface area contributed by atoms with Crippen LogP contribution in [0.4, 0.5) is 4.39 Å². The molecule has 2 aromatic carbocycles. The van der Waals surface area contributed by atoms with Crippen LogP contribution in [0.1, 0.15) is 5.56 Å². The molecule has 0 fully saturated rings. The Morgan fingerprint density at radius 2 is 1.95 bits per heavy atom. The zero-order valence-corrected chi connectivity index (χ0v) is 10.7. The van der Waals surface area contributed by atoms with Crippen LogP contribution in [0.15, 0.2) is 54.7 Å². The van der Waals surface area contributed by atoms with Gasteiger partial charge in [-0.3, -0.25) is 4.98 Å². The first kappa shape index (κ1) is 12.6. The highest BCUT2D eigenvalue weighted by atomic mass is 19.1. The maximum absolute atomic E-state index is 13.4. The first-order valence-electron chi connectivity index (χ1n) is 6.27. The number of hydrogen-bond donors (Lipinski definition) is 1. The topological polar surface area (TPSA) is 48.1 Å². The minimum Gasteiger partial charge on any atom is -0.457 e. The third-order valence-corrected chi connectivity index (χ3v) is 2.98. The Kier molecular flexibility index (Phi) is 3.31. The largest absolute Gasteiger partial charge is 0.457 e. The first-order valence-corrected chi connectivity index (χ1v) is 6.27. The maximum atomic E-state index is 13.4. The Morgan fingerprint density at radius 3 is 2.80 bits per heavy atom. The lowest BCUT2D eigenvalue weighted by atomic mass is 10.2. The maximum Gasteiger partial charge on any atom is 0.130 e. The molecule has 3 aromatic rings. The molecule has 0 aliphatic heterocycles. The fraction of sp³-hybridized carbons (Fsp3) is 0.0625. The molecule has 0 amide bonds. The van der Waals surface area contributed by atoms with Gasteiger partial charge in [0.05, 0.1) is 5.52 Å². The van der Waals surface area contributed by atoms with E-state index >= 15 is 0 Å². The van der Waals surface area contributed by atoms with Gasteiger partial charge >= 0.3 is 0 Å². The van der Waals surface area contributed by atoms with Crippen molar-refractivity contribution in [3.63, 3.8) is 0 Å². The van der Waals surface area contributed by atoms with E-state index in [9.17, 15) is 4.39 Å².